The number of benzene rings is 1. The van der Waals surface area contributed by atoms with Gasteiger partial charge in [0.1, 0.15) is 17.6 Å². The Morgan fingerprint density at radius 3 is 1.62 bits per heavy atom. The molecule has 0 spiro atoms. The fraction of sp³-hybridized carbons (Fsp3) is 0.870. The summed E-state index contributed by atoms with van der Waals surface area (Å²) in [5.41, 5.74) is -1.32. The van der Waals surface area contributed by atoms with Crippen LogP contribution in [-0.4, -0.2) is 77.9 Å². The molecule has 15 heteroatoms. The average Bonchev–Trinajstić information content (AvgIpc) is 3.21. The van der Waals surface area contributed by atoms with Crippen LogP contribution in [0.15, 0.2) is 35.2 Å². The Balaban J connectivity index is 0.000000199. The van der Waals surface area contributed by atoms with Crippen LogP contribution >= 0.6 is 27.4 Å². The molecule has 352 valence electrons. The molecule has 0 bridgehead atoms. The van der Waals surface area contributed by atoms with Crippen LogP contribution in [-0.2, 0) is 50.5 Å². The summed E-state index contributed by atoms with van der Waals surface area (Å²) in [6.07, 6.45) is 13.9. The van der Waals surface area contributed by atoms with Crippen LogP contribution in [0.3, 0.4) is 0 Å². The molecule has 1 aromatic rings. The van der Waals surface area contributed by atoms with Gasteiger partial charge in [-0.3, -0.25) is 27.1 Å². The van der Waals surface area contributed by atoms with Gasteiger partial charge < -0.3 is 19.3 Å². The molecule has 1 N–H and O–H groups in total. The lowest BCUT2D eigenvalue weighted by atomic mass is 9.82. The third kappa shape index (κ3) is 15.3. The molecule has 0 amide bonds. The highest BCUT2D eigenvalue weighted by Gasteiger charge is 2.51. The molecule has 6 aliphatic rings. The molecular formula is C46H80O12P2S. The van der Waals surface area contributed by atoms with Crippen LogP contribution in [0.4, 0.5) is 0 Å². The lowest BCUT2D eigenvalue weighted by molar-refractivity contribution is -0.284. The van der Waals surface area contributed by atoms with Gasteiger partial charge in [0, 0.05) is 17.7 Å². The molecule has 12 nitrogen and oxygen atoms in total. The van der Waals surface area contributed by atoms with Crippen molar-refractivity contribution in [1.82, 2.24) is 0 Å². The normalized spacial score (nSPS) is 39.5. The lowest BCUT2D eigenvalue weighted by Crippen LogP contribution is -2.52. The minimum atomic E-state index is -3.65. The van der Waals surface area contributed by atoms with E-state index in [4.69, 9.17) is 46.5 Å². The van der Waals surface area contributed by atoms with Crippen molar-refractivity contribution in [3.05, 3.63) is 30.3 Å². The van der Waals surface area contributed by atoms with E-state index in [1.165, 1.54) is 38.5 Å². The number of thioether (sulfide) groups is 1. The Kier molecular flexibility index (Phi) is 19.8. The Morgan fingerprint density at radius 1 is 0.672 bits per heavy atom. The zero-order valence-electron chi connectivity index (χ0n) is 38.9. The summed E-state index contributed by atoms with van der Waals surface area (Å²) in [5, 5.41) is 8.91. The number of ether oxygens (including phenoxy) is 3. The van der Waals surface area contributed by atoms with E-state index < -0.39 is 39.2 Å². The minimum Gasteiger partial charge on any atom is -0.393 e. The topological polar surface area (TPSA) is 137 Å². The second kappa shape index (κ2) is 23.4. The SMILES string of the molecule is CCC1OC(OC2CCCCC2)C(OP2(=O)OCCC(C)(C)O2)C(C)C1C.CCC1OC(Sc2ccccc2)C(OP2(=O)OCCC(C)(C)O2)C(C)C1C.OC1CCCCC1. The summed E-state index contributed by atoms with van der Waals surface area (Å²) < 4.78 is 80.0. The van der Waals surface area contributed by atoms with Crippen LogP contribution in [0.25, 0.3) is 0 Å². The van der Waals surface area contributed by atoms with Crippen molar-refractivity contribution in [1.29, 1.82) is 0 Å². The van der Waals surface area contributed by atoms with E-state index in [0.717, 1.165) is 43.4 Å². The van der Waals surface area contributed by atoms with Gasteiger partial charge in [-0.15, -0.1) is 0 Å². The standard InChI is InChI=1S/C20H37O6P.C20H31O5PS.C6H12O/c1-6-17-14(2)15(3)18(19(24-17)23-16-10-8-7-9-11-16)25-27(21)22-13-12-20(4,5)26-27;1-6-17-14(2)15(3)18(19(23-17)27-16-10-8-7-9-11-16)24-26(21)22-13-12-20(4,5)25-26;7-6-4-2-1-3-5-6/h14-19H,6-13H2,1-5H3;7-11,14-15,17-19H,6,12-13H2,1-5H3;6-7H,1-5H2. The Bertz CT molecular complexity index is 1540. The first-order chi connectivity index (χ1) is 28.9. The Morgan fingerprint density at radius 2 is 1.15 bits per heavy atom. The third-order valence-electron chi connectivity index (χ3n) is 13.4. The largest absolute Gasteiger partial charge is 0.475 e. The van der Waals surface area contributed by atoms with E-state index >= 15 is 0 Å². The Hall–Kier alpha value is -0.370. The lowest BCUT2D eigenvalue weighted by Gasteiger charge is -2.46. The average molecular weight is 919 g/mol. The quantitative estimate of drug-likeness (QED) is 0.223. The van der Waals surface area contributed by atoms with E-state index in [1.807, 2.05) is 58.0 Å². The number of aliphatic hydroxyl groups excluding tert-OH is 1. The molecule has 7 rings (SSSR count). The highest BCUT2D eigenvalue weighted by Crippen LogP contribution is 2.60. The van der Waals surface area contributed by atoms with Gasteiger partial charge in [-0.1, -0.05) is 110 Å². The van der Waals surface area contributed by atoms with E-state index in [9.17, 15) is 9.13 Å². The summed E-state index contributed by atoms with van der Waals surface area (Å²) in [6.45, 7) is 21.3. The third-order valence-corrected chi connectivity index (χ3v) is 18.0. The van der Waals surface area contributed by atoms with Crippen molar-refractivity contribution in [2.24, 2.45) is 23.7 Å². The van der Waals surface area contributed by atoms with Crippen molar-refractivity contribution in [2.45, 2.75) is 224 Å². The predicted molar refractivity (Wildman–Crippen MR) is 240 cm³/mol. The van der Waals surface area contributed by atoms with Crippen molar-refractivity contribution < 1.29 is 55.6 Å². The van der Waals surface area contributed by atoms with Crippen molar-refractivity contribution in [2.75, 3.05) is 13.2 Å². The summed E-state index contributed by atoms with van der Waals surface area (Å²) >= 11 is 1.61. The van der Waals surface area contributed by atoms with Gasteiger partial charge in [0.15, 0.2) is 6.29 Å². The fourth-order valence-corrected chi connectivity index (χ4v) is 13.8. The molecule has 4 heterocycles. The number of phosphoric ester groups is 2. The van der Waals surface area contributed by atoms with E-state index in [1.54, 1.807) is 11.8 Å². The molecule has 4 aliphatic heterocycles. The molecule has 4 saturated heterocycles. The zero-order chi connectivity index (χ0) is 44.4. The maximum atomic E-state index is 13.2. The molecule has 6 fully saturated rings. The predicted octanol–water partition coefficient (Wildman–Crippen LogP) is 12.7. The van der Waals surface area contributed by atoms with Crippen LogP contribution in [0, 0.1) is 23.7 Å². The van der Waals surface area contributed by atoms with E-state index in [0.29, 0.717) is 26.1 Å². The highest BCUT2D eigenvalue weighted by atomic mass is 32.2. The Labute approximate surface area is 372 Å². The summed E-state index contributed by atoms with van der Waals surface area (Å²) in [7, 11) is -7.28. The fourth-order valence-electron chi connectivity index (χ4n) is 9.01. The molecule has 0 aromatic heterocycles. The number of hydrogen-bond donors (Lipinski definition) is 1. The van der Waals surface area contributed by atoms with Gasteiger partial charge in [0.05, 0.1) is 48.8 Å². The van der Waals surface area contributed by atoms with E-state index in [2.05, 4.69) is 41.5 Å². The van der Waals surface area contributed by atoms with Crippen molar-refractivity contribution in [3.63, 3.8) is 0 Å². The molecule has 12 atom stereocenters. The summed E-state index contributed by atoms with van der Waals surface area (Å²) in [6, 6.07) is 10.1. The minimum absolute atomic E-state index is 0.0359. The molecule has 2 saturated carbocycles. The van der Waals surface area contributed by atoms with Crippen molar-refractivity contribution in [3.8, 4) is 0 Å². The molecule has 1 aromatic carbocycles. The number of aliphatic hydroxyl groups is 1. The van der Waals surface area contributed by atoms with Gasteiger partial charge in [-0.2, -0.15) is 0 Å². The first kappa shape index (κ1) is 51.6. The van der Waals surface area contributed by atoms with Gasteiger partial charge in [0.25, 0.3) is 0 Å². The maximum Gasteiger partial charge on any atom is 0.475 e. The molecule has 61 heavy (non-hydrogen) atoms. The van der Waals surface area contributed by atoms with Gasteiger partial charge in [0.2, 0.25) is 0 Å². The summed E-state index contributed by atoms with van der Waals surface area (Å²) in [5.74, 6) is 0.848. The second-order valence-corrected chi connectivity index (χ2v) is 23.6. The number of phosphoric acid groups is 2. The van der Waals surface area contributed by atoms with Crippen molar-refractivity contribution >= 4 is 27.4 Å². The maximum absolute atomic E-state index is 13.2. The highest BCUT2D eigenvalue weighted by molar-refractivity contribution is 7.99. The van der Waals surface area contributed by atoms with Gasteiger partial charge >= 0.3 is 15.6 Å². The smallest absolute Gasteiger partial charge is 0.393 e. The van der Waals surface area contributed by atoms with Crippen LogP contribution in [0.1, 0.15) is 159 Å². The molecule has 0 radical (unpaired) electrons. The molecular weight excluding hydrogens is 839 g/mol. The second-order valence-electron chi connectivity index (χ2n) is 19.4. The number of hydrogen-bond acceptors (Lipinski definition) is 13. The van der Waals surface area contributed by atoms with Gasteiger partial charge in [-0.25, -0.2) is 9.13 Å². The van der Waals surface area contributed by atoms with Crippen LogP contribution in [0.2, 0.25) is 0 Å². The zero-order valence-corrected chi connectivity index (χ0v) is 41.5. The van der Waals surface area contributed by atoms with Crippen LogP contribution < -0.4 is 0 Å². The molecule has 2 aliphatic carbocycles. The van der Waals surface area contributed by atoms with Gasteiger partial charge in [-0.05, 0) is 102 Å². The monoisotopic (exact) mass is 918 g/mol. The first-order valence-corrected chi connectivity index (χ1v) is 27.3. The first-order valence-electron chi connectivity index (χ1n) is 23.5. The number of rotatable bonds is 10. The molecule has 12 unspecified atom stereocenters. The summed E-state index contributed by atoms with van der Waals surface area (Å²) in [4.78, 5) is 1.09. The van der Waals surface area contributed by atoms with Crippen LogP contribution in [0.5, 0.6) is 0 Å². The van der Waals surface area contributed by atoms with E-state index in [-0.39, 0.29) is 59.6 Å².